The molecule has 0 spiro atoms. The van der Waals surface area contributed by atoms with Crippen molar-refractivity contribution in [2.45, 2.75) is 38.8 Å². The molecular weight excluding hydrogens is 523 g/mol. The van der Waals surface area contributed by atoms with Gasteiger partial charge < -0.3 is 19.2 Å². The van der Waals surface area contributed by atoms with Gasteiger partial charge in [0.05, 0.1) is 32.4 Å². The number of nitrogens with one attached hydrogen (secondary N) is 1. The number of hydrogen-bond donors (Lipinski definition) is 1. The predicted octanol–water partition coefficient (Wildman–Crippen LogP) is 6.40. The molecule has 1 atom stereocenters. The molecule has 0 saturated heterocycles. The number of rotatable bonds is 11. The van der Waals surface area contributed by atoms with Crippen LogP contribution in [0.25, 0.3) is 0 Å². The third-order valence-electron chi connectivity index (χ3n) is 6.34. The zero-order valence-corrected chi connectivity index (χ0v) is 22.4. The Labute approximate surface area is 230 Å². The van der Waals surface area contributed by atoms with Crippen molar-refractivity contribution in [2.75, 3.05) is 14.2 Å². The van der Waals surface area contributed by atoms with Gasteiger partial charge in [-0.3, -0.25) is 9.69 Å². The molecule has 1 heterocycles. The zero-order chi connectivity index (χ0) is 28.7. The van der Waals surface area contributed by atoms with E-state index in [1.165, 1.54) is 19.4 Å². The van der Waals surface area contributed by atoms with Crippen LogP contribution in [-0.2, 0) is 25.8 Å². The first kappa shape index (κ1) is 28.7. The fourth-order valence-corrected chi connectivity index (χ4v) is 4.27. The molecule has 0 bridgehead atoms. The van der Waals surface area contributed by atoms with Crippen molar-refractivity contribution >= 4 is 5.91 Å². The quantitative estimate of drug-likeness (QED) is 0.232. The molecule has 210 valence electrons. The van der Waals surface area contributed by atoms with Crippen LogP contribution < -0.4 is 14.8 Å². The molecule has 1 amide bonds. The lowest BCUT2D eigenvalue weighted by molar-refractivity contribution is -0.137. The van der Waals surface area contributed by atoms with Crippen molar-refractivity contribution in [1.82, 2.24) is 15.2 Å². The molecule has 0 aliphatic carbocycles. The van der Waals surface area contributed by atoms with E-state index < -0.39 is 17.6 Å². The van der Waals surface area contributed by atoms with Crippen LogP contribution in [0.3, 0.4) is 0 Å². The van der Waals surface area contributed by atoms with E-state index >= 15 is 0 Å². The van der Waals surface area contributed by atoms with Crippen molar-refractivity contribution in [1.29, 1.82) is 0 Å². The Morgan fingerprint density at radius 1 is 0.975 bits per heavy atom. The fraction of sp³-hybridized carbons (Fsp3) is 0.267. The van der Waals surface area contributed by atoms with E-state index in [2.05, 4.69) is 10.3 Å². The smallest absolute Gasteiger partial charge is 0.416 e. The highest BCUT2D eigenvalue weighted by atomic mass is 19.4. The number of carbonyl (C=O) groups is 1. The van der Waals surface area contributed by atoms with Gasteiger partial charge in [-0.1, -0.05) is 54.6 Å². The number of oxazole rings is 1. The molecule has 0 fully saturated rings. The second-order valence-electron chi connectivity index (χ2n) is 9.25. The number of benzene rings is 3. The SMILES string of the molecule is COc1ccc(CN(Cc2cccc(C(F)(F)F)c2)Cc2nc(C(=O)NC(C)c3ccccc3)co2)c(OC)c1. The van der Waals surface area contributed by atoms with E-state index in [1.807, 2.05) is 48.2 Å². The Hall–Kier alpha value is -4.31. The fourth-order valence-electron chi connectivity index (χ4n) is 4.27. The largest absolute Gasteiger partial charge is 0.497 e. The highest BCUT2D eigenvalue weighted by Crippen LogP contribution is 2.31. The van der Waals surface area contributed by atoms with E-state index in [1.54, 1.807) is 25.3 Å². The van der Waals surface area contributed by atoms with E-state index in [-0.39, 0.29) is 30.7 Å². The number of methoxy groups -OCH3 is 2. The summed E-state index contributed by atoms with van der Waals surface area (Å²) >= 11 is 0. The normalized spacial score (nSPS) is 12.3. The van der Waals surface area contributed by atoms with Crippen LogP contribution in [0.4, 0.5) is 13.2 Å². The molecule has 0 aliphatic heterocycles. The van der Waals surface area contributed by atoms with Crippen molar-refractivity contribution in [2.24, 2.45) is 0 Å². The molecule has 1 N–H and O–H groups in total. The van der Waals surface area contributed by atoms with E-state index in [0.29, 0.717) is 23.6 Å². The molecule has 4 aromatic rings. The van der Waals surface area contributed by atoms with Gasteiger partial charge in [0.2, 0.25) is 5.89 Å². The van der Waals surface area contributed by atoms with Gasteiger partial charge in [-0.2, -0.15) is 13.2 Å². The van der Waals surface area contributed by atoms with Gasteiger partial charge in [-0.05, 0) is 30.2 Å². The molecule has 3 aromatic carbocycles. The van der Waals surface area contributed by atoms with Gasteiger partial charge >= 0.3 is 6.18 Å². The number of nitrogens with zero attached hydrogens (tertiary/aromatic N) is 2. The number of halogens is 3. The summed E-state index contributed by atoms with van der Waals surface area (Å²) in [5, 5.41) is 2.90. The summed E-state index contributed by atoms with van der Waals surface area (Å²) in [6, 6.07) is 19.8. The molecule has 0 aliphatic rings. The molecule has 1 aromatic heterocycles. The minimum Gasteiger partial charge on any atom is -0.497 e. The Kier molecular flexibility index (Phi) is 9.11. The number of alkyl halides is 3. The Bertz CT molecular complexity index is 1420. The molecule has 40 heavy (non-hydrogen) atoms. The topological polar surface area (TPSA) is 76.8 Å². The van der Waals surface area contributed by atoms with Crippen LogP contribution in [-0.4, -0.2) is 30.0 Å². The summed E-state index contributed by atoms with van der Waals surface area (Å²) in [5.41, 5.74) is 1.58. The maximum Gasteiger partial charge on any atom is 0.416 e. The second kappa shape index (κ2) is 12.7. The number of amides is 1. The van der Waals surface area contributed by atoms with Gasteiger partial charge in [-0.15, -0.1) is 0 Å². The number of aromatic nitrogens is 1. The molecular formula is C30H30F3N3O4. The highest BCUT2D eigenvalue weighted by Gasteiger charge is 2.30. The van der Waals surface area contributed by atoms with Crippen LogP contribution in [0.2, 0.25) is 0 Å². The average Bonchev–Trinajstić information content (AvgIpc) is 3.42. The first-order valence-corrected chi connectivity index (χ1v) is 12.6. The number of ether oxygens (including phenoxy) is 2. The molecule has 10 heteroatoms. The van der Waals surface area contributed by atoms with E-state index in [0.717, 1.165) is 23.3 Å². The van der Waals surface area contributed by atoms with Crippen LogP contribution >= 0.6 is 0 Å². The maximum atomic E-state index is 13.3. The van der Waals surface area contributed by atoms with Crippen molar-refractivity contribution in [3.63, 3.8) is 0 Å². The molecule has 0 radical (unpaired) electrons. The van der Waals surface area contributed by atoms with Crippen LogP contribution in [0.5, 0.6) is 11.5 Å². The summed E-state index contributed by atoms with van der Waals surface area (Å²) in [6.45, 7) is 2.46. The lowest BCUT2D eigenvalue weighted by atomic mass is 10.1. The summed E-state index contributed by atoms with van der Waals surface area (Å²) in [7, 11) is 3.08. The summed E-state index contributed by atoms with van der Waals surface area (Å²) in [6.07, 6.45) is -3.18. The van der Waals surface area contributed by atoms with Crippen molar-refractivity contribution in [3.05, 3.63) is 113 Å². The molecule has 7 nitrogen and oxygen atoms in total. The Morgan fingerprint density at radius 2 is 1.75 bits per heavy atom. The second-order valence-corrected chi connectivity index (χ2v) is 9.25. The summed E-state index contributed by atoms with van der Waals surface area (Å²) in [5.74, 6) is 1.03. The molecule has 0 saturated carbocycles. The maximum absolute atomic E-state index is 13.3. The third-order valence-corrected chi connectivity index (χ3v) is 6.34. The summed E-state index contributed by atoms with van der Waals surface area (Å²) < 4.78 is 56.4. The van der Waals surface area contributed by atoms with Gasteiger partial charge in [0.25, 0.3) is 5.91 Å². The monoisotopic (exact) mass is 553 g/mol. The van der Waals surface area contributed by atoms with Gasteiger partial charge in [0, 0.05) is 24.7 Å². The average molecular weight is 554 g/mol. The van der Waals surface area contributed by atoms with Gasteiger partial charge in [0.1, 0.15) is 17.8 Å². The first-order chi connectivity index (χ1) is 19.2. The standard InChI is InChI=1S/C30H30F3N3O4/c1-20(22-9-5-4-6-10-22)34-29(37)26-19-40-28(35-26)18-36(16-21-8-7-11-24(14-21)30(31,32)33)17-23-12-13-25(38-2)15-27(23)39-3/h4-15,19-20H,16-18H2,1-3H3,(H,34,37). The Morgan fingerprint density at radius 3 is 2.45 bits per heavy atom. The number of hydrogen-bond acceptors (Lipinski definition) is 6. The minimum absolute atomic E-state index is 0.110. The van der Waals surface area contributed by atoms with Crippen molar-refractivity contribution < 1.29 is 31.9 Å². The molecule has 4 rings (SSSR count). The van der Waals surface area contributed by atoms with Crippen LogP contribution in [0.1, 0.15) is 51.6 Å². The van der Waals surface area contributed by atoms with Crippen LogP contribution in [0, 0.1) is 0 Å². The predicted molar refractivity (Wildman–Crippen MR) is 143 cm³/mol. The first-order valence-electron chi connectivity index (χ1n) is 12.6. The van der Waals surface area contributed by atoms with Crippen LogP contribution in [0.15, 0.2) is 83.5 Å². The van der Waals surface area contributed by atoms with Crippen molar-refractivity contribution in [3.8, 4) is 11.5 Å². The summed E-state index contributed by atoms with van der Waals surface area (Å²) in [4.78, 5) is 19.0. The minimum atomic E-state index is -4.46. The highest BCUT2D eigenvalue weighted by molar-refractivity contribution is 5.92. The van der Waals surface area contributed by atoms with E-state index in [4.69, 9.17) is 13.9 Å². The zero-order valence-electron chi connectivity index (χ0n) is 22.4. The lowest BCUT2D eigenvalue weighted by Gasteiger charge is -2.23. The molecule has 1 unspecified atom stereocenters. The van der Waals surface area contributed by atoms with E-state index in [9.17, 15) is 18.0 Å². The third kappa shape index (κ3) is 7.41. The van der Waals surface area contributed by atoms with Gasteiger partial charge in [-0.25, -0.2) is 4.98 Å². The lowest BCUT2D eigenvalue weighted by Crippen LogP contribution is -2.27. The van der Waals surface area contributed by atoms with Gasteiger partial charge in [0.15, 0.2) is 5.69 Å². The number of carbonyl (C=O) groups excluding carboxylic acids is 1. The Balaban J connectivity index is 1.55.